The molecule has 4 rings (SSSR count). The van der Waals surface area contributed by atoms with Crippen molar-refractivity contribution in [1.29, 1.82) is 0 Å². The molecule has 0 saturated heterocycles. The van der Waals surface area contributed by atoms with Gasteiger partial charge in [-0.25, -0.2) is 0 Å². The number of rotatable bonds is 13. The average Bonchev–Trinajstić information content (AvgIpc) is 3.25. The van der Waals surface area contributed by atoms with E-state index in [1.54, 1.807) is 0 Å². The van der Waals surface area contributed by atoms with Crippen LogP contribution in [-0.4, -0.2) is 73.5 Å². The molecule has 7 nitrogen and oxygen atoms in total. The summed E-state index contributed by atoms with van der Waals surface area (Å²) in [7, 11) is 0. The van der Waals surface area contributed by atoms with E-state index < -0.39 is 0 Å². The quantitative estimate of drug-likeness (QED) is 0.249. The van der Waals surface area contributed by atoms with Crippen molar-refractivity contribution in [3.05, 3.63) is 0 Å². The molecular formula is C33H62N4O3. The lowest BCUT2D eigenvalue weighted by Gasteiger charge is -2.62. The van der Waals surface area contributed by atoms with Crippen LogP contribution in [0.3, 0.4) is 0 Å². The number of carbonyl (C=O) groups excluding carboxylic acids is 1. The smallest absolute Gasteiger partial charge is 0.306 e. The zero-order valence-corrected chi connectivity index (χ0v) is 26.4. The molecule has 4 saturated carbocycles. The zero-order valence-electron chi connectivity index (χ0n) is 26.4. The third-order valence-corrected chi connectivity index (χ3v) is 12.4. The standard InChI is InChI=1S/C33H62N4O3/c1-22(2)40-30(39)9-6-23(3)26-7-8-27-31-28(11-13-33(26,27)5)32(4)12-10-25(20-24(32)21-29(31)38)36-16-19-37(17-14-34)18-15-35/h22-29,31,36,38H,6-21,34-35H2,1-5H3/t23-,24?,25+,26-,27?,28?,29+,31?,32+,33-/m1/s1. The highest BCUT2D eigenvalue weighted by Crippen LogP contribution is 2.68. The van der Waals surface area contributed by atoms with Crippen LogP contribution < -0.4 is 16.8 Å². The van der Waals surface area contributed by atoms with Gasteiger partial charge in [-0.3, -0.25) is 9.69 Å². The van der Waals surface area contributed by atoms with Gasteiger partial charge in [-0.1, -0.05) is 20.8 Å². The average molecular weight is 563 g/mol. The molecule has 0 amide bonds. The number of nitrogens with two attached hydrogens (primary N) is 2. The first-order valence-electron chi connectivity index (χ1n) is 16.8. The first-order valence-corrected chi connectivity index (χ1v) is 16.8. The van der Waals surface area contributed by atoms with Crippen LogP contribution in [0.4, 0.5) is 0 Å². The number of fused-ring (bicyclic) bond motifs is 5. The minimum Gasteiger partial charge on any atom is -0.463 e. The number of nitrogens with zero attached hydrogens (tertiary/aromatic N) is 1. The van der Waals surface area contributed by atoms with Gasteiger partial charge in [-0.05, 0) is 118 Å². The first kappa shape index (κ1) is 32.2. The Hall–Kier alpha value is -0.730. The molecule has 0 bridgehead atoms. The summed E-state index contributed by atoms with van der Waals surface area (Å²) in [5.74, 6) is 3.39. The number of hydrogen-bond donors (Lipinski definition) is 4. The van der Waals surface area contributed by atoms with Crippen molar-refractivity contribution in [3.8, 4) is 0 Å². The summed E-state index contributed by atoms with van der Waals surface area (Å²) in [4.78, 5) is 14.6. The van der Waals surface area contributed by atoms with Gasteiger partial charge in [0.05, 0.1) is 12.2 Å². The Morgan fingerprint density at radius 2 is 1.65 bits per heavy atom. The van der Waals surface area contributed by atoms with Gasteiger partial charge in [-0.2, -0.15) is 0 Å². The number of aliphatic hydroxyl groups excluding tert-OH is 1. The molecule has 6 N–H and O–H groups in total. The fourth-order valence-electron chi connectivity index (χ4n) is 10.4. The molecule has 4 unspecified atom stereocenters. The van der Waals surface area contributed by atoms with Crippen molar-refractivity contribution in [2.75, 3.05) is 39.3 Å². The van der Waals surface area contributed by atoms with Crippen molar-refractivity contribution >= 4 is 5.97 Å². The lowest BCUT2D eigenvalue weighted by atomic mass is 9.43. The Labute approximate surface area is 244 Å². The summed E-state index contributed by atoms with van der Waals surface area (Å²) in [5.41, 5.74) is 12.2. The predicted octanol–water partition coefficient (Wildman–Crippen LogP) is 4.16. The molecule has 4 aliphatic carbocycles. The SMILES string of the molecule is CC(C)OC(=O)CC[C@@H](C)[C@H]1CCC2C3C(CC[C@@]21C)[C@@]1(C)CC[C@H](NCCN(CCN)CCN)CC1C[C@@H]3O. The highest BCUT2D eigenvalue weighted by atomic mass is 16.5. The van der Waals surface area contributed by atoms with Crippen LogP contribution in [-0.2, 0) is 9.53 Å². The largest absolute Gasteiger partial charge is 0.463 e. The number of nitrogens with one attached hydrogen (secondary N) is 1. The van der Waals surface area contributed by atoms with E-state index in [1.807, 2.05) is 13.8 Å². The maximum Gasteiger partial charge on any atom is 0.306 e. The zero-order chi connectivity index (χ0) is 29.1. The van der Waals surface area contributed by atoms with Gasteiger partial charge < -0.3 is 26.6 Å². The Kier molecular flexibility index (Phi) is 11.0. The third-order valence-electron chi connectivity index (χ3n) is 12.4. The first-order chi connectivity index (χ1) is 19.0. The van der Waals surface area contributed by atoms with Crippen LogP contribution in [0.15, 0.2) is 0 Å². The normalized spacial score (nSPS) is 40.0. The van der Waals surface area contributed by atoms with Gasteiger partial charge in [0, 0.05) is 51.7 Å². The van der Waals surface area contributed by atoms with Gasteiger partial charge in [0.25, 0.3) is 0 Å². The van der Waals surface area contributed by atoms with Gasteiger partial charge in [0.15, 0.2) is 0 Å². The molecule has 0 spiro atoms. The minimum absolute atomic E-state index is 0.0386. The van der Waals surface area contributed by atoms with E-state index in [1.165, 1.54) is 44.9 Å². The van der Waals surface area contributed by atoms with Crippen molar-refractivity contribution in [3.63, 3.8) is 0 Å². The molecule has 0 aromatic rings. The Balaban J connectivity index is 1.35. The van der Waals surface area contributed by atoms with Crippen molar-refractivity contribution in [2.45, 2.75) is 117 Å². The summed E-state index contributed by atoms with van der Waals surface area (Å²) < 4.78 is 5.41. The van der Waals surface area contributed by atoms with E-state index in [0.717, 1.165) is 39.0 Å². The molecule has 232 valence electrons. The highest BCUT2D eigenvalue weighted by Gasteiger charge is 2.62. The van der Waals surface area contributed by atoms with Crippen molar-refractivity contribution in [2.24, 2.45) is 57.8 Å². The van der Waals surface area contributed by atoms with Gasteiger partial charge in [0.1, 0.15) is 0 Å². The summed E-state index contributed by atoms with van der Waals surface area (Å²) >= 11 is 0. The van der Waals surface area contributed by atoms with Gasteiger partial charge in [0.2, 0.25) is 0 Å². The number of aliphatic hydroxyl groups is 1. The number of ether oxygens (including phenoxy) is 1. The molecular weight excluding hydrogens is 500 g/mol. The molecule has 40 heavy (non-hydrogen) atoms. The Morgan fingerprint density at radius 3 is 2.33 bits per heavy atom. The predicted molar refractivity (Wildman–Crippen MR) is 163 cm³/mol. The topological polar surface area (TPSA) is 114 Å². The lowest BCUT2D eigenvalue weighted by Crippen LogP contribution is -2.59. The van der Waals surface area contributed by atoms with Crippen LogP contribution in [0.2, 0.25) is 0 Å². The minimum atomic E-state index is -0.175. The second-order valence-corrected chi connectivity index (χ2v) is 14.9. The molecule has 0 aliphatic heterocycles. The summed E-state index contributed by atoms with van der Waals surface area (Å²) in [6, 6.07) is 0.549. The van der Waals surface area contributed by atoms with E-state index >= 15 is 0 Å². The van der Waals surface area contributed by atoms with E-state index in [0.29, 0.717) is 66.5 Å². The summed E-state index contributed by atoms with van der Waals surface area (Å²) in [5, 5.41) is 15.6. The van der Waals surface area contributed by atoms with E-state index in [-0.39, 0.29) is 23.6 Å². The maximum absolute atomic E-state index is 12.2. The molecule has 4 fully saturated rings. The molecule has 0 aromatic heterocycles. The van der Waals surface area contributed by atoms with Crippen molar-refractivity contribution in [1.82, 2.24) is 10.2 Å². The molecule has 10 atom stereocenters. The monoisotopic (exact) mass is 562 g/mol. The Bertz CT molecular complexity index is 820. The maximum atomic E-state index is 12.2. The third kappa shape index (κ3) is 6.74. The van der Waals surface area contributed by atoms with Crippen molar-refractivity contribution < 1.29 is 14.6 Å². The van der Waals surface area contributed by atoms with Crippen LogP contribution in [0.5, 0.6) is 0 Å². The van der Waals surface area contributed by atoms with Crippen LogP contribution in [0.1, 0.15) is 98.8 Å². The van der Waals surface area contributed by atoms with Crippen LogP contribution >= 0.6 is 0 Å². The van der Waals surface area contributed by atoms with E-state index in [9.17, 15) is 9.90 Å². The molecule has 0 heterocycles. The fraction of sp³-hybridized carbons (Fsp3) is 0.970. The number of esters is 1. The number of carbonyl (C=O) groups is 1. The lowest BCUT2D eigenvalue weighted by molar-refractivity contribution is -0.167. The van der Waals surface area contributed by atoms with Gasteiger partial charge >= 0.3 is 5.97 Å². The summed E-state index contributed by atoms with van der Waals surface area (Å²) in [6.45, 7) is 16.5. The Morgan fingerprint density at radius 1 is 0.975 bits per heavy atom. The van der Waals surface area contributed by atoms with Crippen LogP contribution in [0, 0.1) is 46.3 Å². The second kappa shape index (κ2) is 13.7. The molecule has 7 heteroatoms. The molecule has 4 aliphatic rings. The number of hydrogen-bond acceptors (Lipinski definition) is 7. The van der Waals surface area contributed by atoms with E-state index in [2.05, 4.69) is 31.0 Å². The molecule has 0 aromatic carbocycles. The fourth-order valence-corrected chi connectivity index (χ4v) is 10.4. The summed E-state index contributed by atoms with van der Waals surface area (Å²) in [6.07, 6.45) is 10.9. The highest BCUT2D eigenvalue weighted by molar-refractivity contribution is 5.69. The second-order valence-electron chi connectivity index (χ2n) is 14.9. The van der Waals surface area contributed by atoms with E-state index in [4.69, 9.17) is 16.2 Å². The van der Waals surface area contributed by atoms with Gasteiger partial charge in [-0.15, -0.1) is 0 Å². The molecule has 0 radical (unpaired) electrons. The van der Waals surface area contributed by atoms with Crippen LogP contribution in [0.25, 0.3) is 0 Å².